The molecular formula is C13H21NO2. The molecule has 0 aromatic carbocycles. The first-order chi connectivity index (χ1) is 7.46. The van der Waals surface area contributed by atoms with Crippen molar-refractivity contribution in [2.45, 2.75) is 52.5 Å². The SMILES string of the molecule is CC#CCN(C(=O)O)C1CCC(C)(C)CC1. The molecule has 0 atom stereocenters. The molecule has 1 aliphatic carbocycles. The number of hydrogen-bond acceptors (Lipinski definition) is 1. The second kappa shape index (κ2) is 5.25. The van der Waals surface area contributed by atoms with Crippen LogP contribution in [0.25, 0.3) is 0 Å². The van der Waals surface area contributed by atoms with Crippen LogP contribution in [0.4, 0.5) is 4.79 Å². The Morgan fingerprint density at radius 3 is 2.44 bits per heavy atom. The summed E-state index contributed by atoms with van der Waals surface area (Å²) in [4.78, 5) is 12.6. The molecule has 0 unspecified atom stereocenters. The third kappa shape index (κ3) is 3.44. The largest absolute Gasteiger partial charge is 0.465 e. The van der Waals surface area contributed by atoms with Gasteiger partial charge in [0.05, 0.1) is 6.54 Å². The van der Waals surface area contributed by atoms with Gasteiger partial charge in [-0.3, -0.25) is 4.90 Å². The maximum absolute atomic E-state index is 11.1. The predicted octanol–water partition coefficient (Wildman–Crippen LogP) is 2.96. The summed E-state index contributed by atoms with van der Waals surface area (Å²) in [5.74, 6) is 5.60. The maximum atomic E-state index is 11.1. The Hall–Kier alpha value is -1.17. The third-order valence-electron chi connectivity index (χ3n) is 3.42. The molecule has 3 heteroatoms. The van der Waals surface area contributed by atoms with E-state index in [1.807, 2.05) is 0 Å². The topological polar surface area (TPSA) is 40.5 Å². The Bertz CT molecular complexity index is 302. The number of nitrogens with zero attached hydrogens (tertiary/aromatic N) is 1. The zero-order valence-electron chi connectivity index (χ0n) is 10.4. The van der Waals surface area contributed by atoms with Crippen LogP contribution in [-0.2, 0) is 0 Å². The Morgan fingerprint density at radius 2 is 2.00 bits per heavy atom. The fourth-order valence-corrected chi connectivity index (χ4v) is 2.21. The smallest absolute Gasteiger partial charge is 0.408 e. The summed E-state index contributed by atoms with van der Waals surface area (Å²) < 4.78 is 0. The van der Waals surface area contributed by atoms with Crippen LogP contribution in [0.2, 0.25) is 0 Å². The Labute approximate surface area is 97.8 Å². The van der Waals surface area contributed by atoms with Gasteiger partial charge in [0.1, 0.15) is 0 Å². The minimum atomic E-state index is -0.840. The van der Waals surface area contributed by atoms with Gasteiger partial charge in [-0.1, -0.05) is 19.8 Å². The molecule has 1 rings (SSSR count). The second-order valence-corrected chi connectivity index (χ2v) is 5.23. The maximum Gasteiger partial charge on any atom is 0.408 e. The number of rotatable bonds is 2. The van der Waals surface area contributed by atoms with E-state index in [1.165, 1.54) is 4.90 Å². The molecule has 0 aromatic rings. The van der Waals surface area contributed by atoms with Gasteiger partial charge >= 0.3 is 6.09 Å². The molecule has 1 fully saturated rings. The van der Waals surface area contributed by atoms with Crippen LogP contribution in [0.1, 0.15) is 46.5 Å². The molecule has 1 amide bonds. The summed E-state index contributed by atoms with van der Waals surface area (Å²) >= 11 is 0. The van der Waals surface area contributed by atoms with Gasteiger partial charge in [-0.2, -0.15) is 0 Å². The standard InChI is InChI=1S/C13H21NO2/c1-4-5-10-14(12(15)16)11-6-8-13(2,3)9-7-11/h11H,6-10H2,1-3H3,(H,15,16). The summed E-state index contributed by atoms with van der Waals surface area (Å²) in [5, 5.41) is 9.14. The van der Waals surface area contributed by atoms with E-state index >= 15 is 0 Å². The van der Waals surface area contributed by atoms with E-state index < -0.39 is 6.09 Å². The van der Waals surface area contributed by atoms with Crippen LogP contribution >= 0.6 is 0 Å². The first-order valence-corrected chi connectivity index (χ1v) is 5.85. The lowest BCUT2D eigenvalue weighted by atomic mass is 9.75. The molecule has 0 spiro atoms. The van der Waals surface area contributed by atoms with Crippen LogP contribution in [0.5, 0.6) is 0 Å². The average molecular weight is 223 g/mol. The quantitative estimate of drug-likeness (QED) is 0.731. The zero-order valence-corrected chi connectivity index (χ0v) is 10.4. The average Bonchev–Trinajstić information content (AvgIpc) is 2.20. The first-order valence-electron chi connectivity index (χ1n) is 5.85. The molecule has 0 heterocycles. The van der Waals surface area contributed by atoms with Gasteiger partial charge in [0.25, 0.3) is 0 Å². The van der Waals surface area contributed by atoms with Gasteiger partial charge in [0.2, 0.25) is 0 Å². The van der Waals surface area contributed by atoms with E-state index in [9.17, 15) is 4.79 Å². The minimum absolute atomic E-state index is 0.159. The molecular weight excluding hydrogens is 202 g/mol. The van der Waals surface area contributed by atoms with E-state index in [0.29, 0.717) is 12.0 Å². The Kier molecular flexibility index (Phi) is 4.23. The lowest BCUT2D eigenvalue weighted by Crippen LogP contribution is -2.43. The van der Waals surface area contributed by atoms with Crippen molar-refractivity contribution >= 4 is 6.09 Å². The number of hydrogen-bond donors (Lipinski definition) is 1. The number of amides is 1. The van der Waals surface area contributed by atoms with Crippen molar-refractivity contribution in [1.29, 1.82) is 0 Å². The van der Waals surface area contributed by atoms with Crippen molar-refractivity contribution < 1.29 is 9.90 Å². The van der Waals surface area contributed by atoms with Crippen molar-refractivity contribution in [2.24, 2.45) is 5.41 Å². The van der Waals surface area contributed by atoms with E-state index in [0.717, 1.165) is 25.7 Å². The lowest BCUT2D eigenvalue weighted by Gasteiger charge is -2.38. The van der Waals surface area contributed by atoms with Crippen molar-refractivity contribution in [1.82, 2.24) is 4.90 Å². The summed E-state index contributed by atoms with van der Waals surface area (Å²) in [6, 6.07) is 0.159. The number of carbonyl (C=O) groups is 1. The van der Waals surface area contributed by atoms with Gasteiger partial charge in [-0.25, -0.2) is 4.79 Å². The fraction of sp³-hybridized carbons (Fsp3) is 0.769. The predicted molar refractivity (Wildman–Crippen MR) is 64.2 cm³/mol. The monoisotopic (exact) mass is 223 g/mol. The zero-order chi connectivity index (χ0) is 12.2. The third-order valence-corrected chi connectivity index (χ3v) is 3.42. The van der Waals surface area contributed by atoms with Gasteiger partial charge < -0.3 is 5.11 Å². The normalized spacial score (nSPS) is 19.7. The molecule has 0 saturated heterocycles. The van der Waals surface area contributed by atoms with E-state index in [-0.39, 0.29) is 6.04 Å². The van der Waals surface area contributed by atoms with Gasteiger partial charge in [-0.05, 0) is 38.0 Å². The Morgan fingerprint density at radius 1 is 1.44 bits per heavy atom. The van der Waals surface area contributed by atoms with Gasteiger partial charge in [-0.15, -0.1) is 5.92 Å². The lowest BCUT2D eigenvalue weighted by molar-refractivity contribution is 0.0970. The molecule has 0 aliphatic heterocycles. The highest BCUT2D eigenvalue weighted by Gasteiger charge is 2.31. The van der Waals surface area contributed by atoms with Crippen LogP contribution < -0.4 is 0 Å². The van der Waals surface area contributed by atoms with Crippen LogP contribution in [0.15, 0.2) is 0 Å². The molecule has 1 saturated carbocycles. The van der Waals surface area contributed by atoms with Crippen molar-refractivity contribution in [3.05, 3.63) is 0 Å². The van der Waals surface area contributed by atoms with E-state index in [2.05, 4.69) is 25.7 Å². The molecule has 1 N–H and O–H groups in total. The van der Waals surface area contributed by atoms with Gasteiger partial charge in [0, 0.05) is 6.04 Å². The molecule has 16 heavy (non-hydrogen) atoms. The highest BCUT2D eigenvalue weighted by molar-refractivity contribution is 5.65. The highest BCUT2D eigenvalue weighted by Crippen LogP contribution is 2.36. The molecule has 3 nitrogen and oxygen atoms in total. The van der Waals surface area contributed by atoms with Crippen LogP contribution in [-0.4, -0.2) is 28.7 Å². The summed E-state index contributed by atoms with van der Waals surface area (Å²) in [5.41, 5.74) is 0.372. The number of carboxylic acid groups (broad SMARTS) is 1. The fourth-order valence-electron chi connectivity index (χ4n) is 2.21. The highest BCUT2D eigenvalue weighted by atomic mass is 16.4. The van der Waals surface area contributed by atoms with Crippen LogP contribution in [0.3, 0.4) is 0 Å². The van der Waals surface area contributed by atoms with E-state index in [1.54, 1.807) is 6.92 Å². The molecule has 1 aliphatic rings. The summed E-state index contributed by atoms with van der Waals surface area (Å²) in [6.07, 6.45) is 3.28. The minimum Gasteiger partial charge on any atom is -0.465 e. The molecule has 0 aromatic heterocycles. The molecule has 0 radical (unpaired) electrons. The molecule has 0 bridgehead atoms. The van der Waals surface area contributed by atoms with Crippen molar-refractivity contribution in [3.8, 4) is 11.8 Å². The van der Waals surface area contributed by atoms with Crippen molar-refractivity contribution in [2.75, 3.05) is 6.54 Å². The van der Waals surface area contributed by atoms with Gasteiger partial charge in [0.15, 0.2) is 0 Å². The second-order valence-electron chi connectivity index (χ2n) is 5.23. The summed E-state index contributed by atoms with van der Waals surface area (Å²) in [7, 11) is 0. The first kappa shape index (κ1) is 12.9. The van der Waals surface area contributed by atoms with Crippen LogP contribution in [0, 0.1) is 17.3 Å². The Balaban J connectivity index is 2.59. The summed E-state index contributed by atoms with van der Waals surface area (Å²) in [6.45, 7) is 6.58. The van der Waals surface area contributed by atoms with Crippen molar-refractivity contribution in [3.63, 3.8) is 0 Å². The van der Waals surface area contributed by atoms with E-state index in [4.69, 9.17) is 5.11 Å². The molecule has 90 valence electrons.